The minimum Gasteiger partial charge on any atom is -0.398 e. The van der Waals surface area contributed by atoms with Crippen molar-refractivity contribution >= 4 is 5.69 Å². The molecule has 0 aliphatic heterocycles. The van der Waals surface area contributed by atoms with E-state index in [9.17, 15) is 5.11 Å². The second-order valence-corrected chi connectivity index (χ2v) is 4.23. The summed E-state index contributed by atoms with van der Waals surface area (Å²) in [5.41, 5.74) is 7.30. The molecular weight excluding hydrogens is 228 g/mol. The fourth-order valence-electron chi connectivity index (χ4n) is 1.87. The number of benzene rings is 1. The normalized spacial score (nSPS) is 12.9. The van der Waals surface area contributed by atoms with Crippen LogP contribution in [-0.4, -0.2) is 42.9 Å². The van der Waals surface area contributed by atoms with E-state index in [0.717, 1.165) is 25.3 Å². The fraction of sp³-hybridized carbons (Fsp3) is 0.571. The summed E-state index contributed by atoms with van der Waals surface area (Å²) in [7, 11) is 0. The van der Waals surface area contributed by atoms with Crippen molar-refractivity contribution in [2.45, 2.75) is 20.0 Å². The minimum absolute atomic E-state index is 0.548. The zero-order valence-corrected chi connectivity index (χ0v) is 11.3. The van der Waals surface area contributed by atoms with Gasteiger partial charge in [0.25, 0.3) is 0 Å². The number of likely N-dealkylation sites (N-methyl/N-ethyl adjacent to an activating group) is 1. The Morgan fingerprint density at radius 3 is 2.67 bits per heavy atom. The molecule has 0 saturated heterocycles. The molecule has 18 heavy (non-hydrogen) atoms. The van der Waals surface area contributed by atoms with Gasteiger partial charge in [-0.3, -0.25) is 4.90 Å². The minimum atomic E-state index is -0.548. The molecule has 0 heterocycles. The van der Waals surface area contributed by atoms with Crippen LogP contribution in [0.15, 0.2) is 24.3 Å². The zero-order valence-electron chi connectivity index (χ0n) is 11.3. The van der Waals surface area contributed by atoms with E-state index in [4.69, 9.17) is 10.5 Å². The molecule has 0 amide bonds. The topological polar surface area (TPSA) is 58.7 Å². The number of hydrogen-bond donors (Lipinski definition) is 2. The zero-order chi connectivity index (χ0) is 13.4. The van der Waals surface area contributed by atoms with Gasteiger partial charge in [-0.1, -0.05) is 25.1 Å². The van der Waals surface area contributed by atoms with Crippen molar-refractivity contribution < 1.29 is 9.84 Å². The van der Waals surface area contributed by atoms with Crippen LogP contribution in [0.3, 0.4) is 0 Å². The lowest BCUT2D eigenvalue weighted by Crippen LogP contribution is -2.32. The molecule has 0 radical (unpaired) electrons. The van der Waals surface area contributed by atoms with Crippen LogP contribution < -0.4 is 5.73 Å². The van der Waals surface area contributed by atoms with Crippen LogP contribution in [0, 0.1) is 0 Å². The van der Waals surface area contributed by atoms with Gasteiger partial charge in [-0.05, 0) is 19.5 Å². The van der Waals surface area contributed by atoms with Crippen LogP contribution in [0.5, 0.6) is 0 Å². The Bertz CT molecular complexity index is 344. The lowest BCUT2D eigenvalue weighted by Gasteiger charge is -2.24. The molecule has 1 atom stereocenters. The number of nitrogens with two attached hydrogens (primary N) is 1. The summed E-state index contributed by atoms with van der Waals surface area (Å²) in [5.74, 6) is 0. The number of aliphatic hydroxyl groups is 1. The molecule has 4 nitrogen and oxygen atoms in total. The summed E-state index contributed by atoms with van der Waals surface area (Å²) in [6, 6.07) is 7.45. The Kier molecular flexibility index (Phi) is 6.72. The largest absolute Gasteiger partial charge is 0.398 e. The average Bonchev–Trinajstić information content (AvgIpc) is 2.38. The summed E-state index contributed by atoms with van der Waals surface area (Å²) in [5, 5.41) is 10.2. The molecular formula is C14H24N2O2. The second-order valence-electron chi connectivity index (χ2n) is 4.23. The van der Waals surface area contributed by atoms with Gasteiger partial charge in [0.15, 0.2) is 0 Å². The maximum Gasteiger partial charge on any atom is 0.0936 e. The van der Waals surface area contributed by atoms with Gasteiger partial charge < -0.3 is 15.6 Å². The van der Waals surface area contributed by atoms with Crippen molar-refractivity contribution in [2.24, 2.45) is 0 Å². The van der Waals surface area contributed by atoms with Gasteiger partial charge >= 0.3 is 0 Å². The summed E-state index contributed by atoms with van der Waals surface area (Å²) >= 11 is 0. The molecule has 0 spiro atoms. The molecule has 0 fully saturated rings. The molecule has 0 aliphatic rings. The lowest BCUT2D eigenvalue weighted by atomic mass is 10.1. The third kappa shape index (κ3) is 4.64. The smallest absolute Gasteiger partial charge is 0.0936 e. The summed E-state index contributed by atoms with van der Waals surface area (Å²) < 4.78 is 5.33. The summed E-state index contributed by atoms with van der Waals surface area (Å²) in [6.45, 7) is 7.78. The van der Waals surface area contributed by atoms with Gasteiger partial charge in [0, 0.05) is 30.9 Å². The number of anilines is 1. The van der Waals surface area contributed by atoms with Crippen LogP contribution >= 0.6 is 0 Å². The lowest BCUT2D eigenvalue weighted by molar-refractivity contribution is 0.0795. The quantitative estimate of drug-likeness (QED) is 0.546. The molecule has 0 saturated carbocycles. The van der Waals surface area contributed by atoms with Gasteiger partial charge in [-0.2, -0.15) is 0 Å². The van der Waals surface area contributed by atoms with Crippen LogP contribution in [0.2, 0.25) is 0 Å². The molecule has 4 heteroatoms. The van der Waals surface area contributed by atoms with Gasteiger partial charge in [0.2, 0.25) is 0 Å². The Morgan fingerprint density at radius 2 is 2.06 bits per heavy atom. The summed E-state index contributed by atoms with van der Waals surface area (Å²) in [6.07, 6.45) is -0.548. The van der Waals surface area contributed by atoms with E-state index < -0.39 is 6.10 Å². The monoisotopic (exact) mass is 252 g/mol. The predicted octanol–water partition coefficient (Wildman–Crippen LogP) is 1.66. The number of para-hydroxylation sites is 1. The number of aliphatic hydroxyl groups excluding tert-OH is 1. The molecule has 0 bridgehead atoms. The van der Waals surface area contributed by atoms with Crippen molar-refractivity contribution in [2.75, 3.05) is 38.6 Å². The fourth-order valence-corrected chi connectivity index (χ4v) is 1.87. The van der Waals surface area contributed by atoms with Crippen LogP contribution in [0.4, 0.5) is 5.69 Å². The highest BCUT2D eigenvalue weighted by molar-refractivity contribution is 5.47. The van der Waals surface area contributed by atoms with Crippen molar-refractivity contribution in [1.82, 2.24) is 4.90 Å². The molecule has 0 aromatic heterocycles. The van der Waals surface area contributed by atoms with Gasteiger partial charge in [-0.15, -0.1) is 0 Å². The Balaban J connectivity index is 2.51. The van der Waals surface area contributed by atoms with E-state index >= 15 is 0 Å². The molecule has 1 unspecified atom stereocenters. The first-order valence-electron chi connectivity index (χ1n) is 6.51. The number of hydrogen-bond acceptors (Lipinski definition) is 4. The van der Waals surface area contributed by atoms with Crippen molar-refractivity contribution in [3.05, 3.63) is 29.8 Å². The van der Waals surface area contributed by atoms with Crippen molar-refractivity contribution in [3.8, 4) is 0 Å². The Labute approximate surface area is 109 Å². The Hall–Kier alpha value is -1.10. The highest BCUT2D eigenvalue weighted by Crippen LogP contribution is 2.20. The van der Waals surface area contributed by atoms with Gasteiger partial charge in [0.1, 0.15) is 0 Å². The van der Waals surface area contributed by atoms with Crippen molar-refractivity contribution in [3.63, 3.8) is 0 Å². The van der Waals surface area contributed by atoms with Gasteiger partial charge in [-0.25, -0.2) is 0 Å². The molecule has 3 N–H and O–H groups in total. The first-order chi connectivity index (χ1) is 8.69. The summed E-state index contributed by atoms with van der Waals surface area (Å²) in [4.78, 5) is 2.16. The first-order valence-corrected chi connectivity index (χ1v) is 6.51. The number of nitrogens with zero attached hydrogens (tertiary/aromatic N) is 1. The number of nitrogen functional groups attached to an aromatic ring is 1. The van der Waals surface area contributed by atoms with E-state index in [2.05, 4.69) is 11.8 Å². The maximum atomic E-state index is 10.2. The maximum absolute atomic E-state index is 10.2. The molecule has 0 aliphatic carbocycles. The number of rotatable bonds is 8. The van der Waals surface area contributed by atoms with E-state index in [1.807, 2.05) is 31.2 Å². The SMILES string of the molecule is CCOCCN(CC)CC(O)c1ccccc1N. The standard InChI is InChI=1S/C14H24N2O2/c1-3-16(9-10-18-4-2)11-14(17)12-7-5-6-8-13(12)15/h5-8,14,17H,3-4,9-11,15H2,1-2H3. The van der Waals surface area contributed by atoms with Crippen LogP contribution in [0.1, 0.15) is 25.5 Å². The number of ether oxygens (including phenoxy) is 1. The highest BCUT2D eigenvalue weighted by Gasteiger charge is 2.14. The third-order valence-corrected chi connectivity index (χ3v) is 2.99. The molecule has 1 rings (SSSR count). The molecule has 1 aromatic carbocycles. The van der Waals surface area contributed by atoms with Crippen LogP contribution in [0.25, 0.3) is 0 Å². The molecule has 102 valence electrons. The third-order valence-electron chi connectivity index (χ3n) is 2.99. The van der Waals surface area contributed by atoms with E-state index in [-0.39, 0.29) is 0 Å². The highest BCUT2D eigenvalue weighted by atomic mass is 16.5. The predicted molar refractivity (Wildman–Crippen MR) is 74.4 cm³/mol. The van der Waals surface area contributed by atoms with E-state index in [1.165, 1.54) is 0 Å². The van der Waals surface area contributed by atoms with Crippen molar-refractivity contribution in [1.29, 1.82) is 0 Å². The van der Waals surface area contributed by atoms with E-state index in [1.54, 1.807) is 0 Å². The van der Waals surface area contributed by atoms with Gasteiger partial charge in [0.05, 0.1) is 12.7 Å². The average molecular weight is 252 g/mol. The Morgan fingerprint density at radius 1 is 1.33 bits per heavy atom. The van der Waals surface area contributed by atoms with Crippen LogP contribution in [-0.2, 0) is 4.74 Å². The van der Waals surface area contributed by atoms with E-state index in [0.29, 0.717) is 18.8 Å². The first kappa shape index (κ1) is 15.0. The second kappa shape index (κ2) is 8.08. The molecule has 1 aromatic rings.